The lowest BCUT2D eigenvalue weighted by Gasteiger charge is -2.22. The first-order valence-electron chi connectivity index (χ1n) is 10.1. The number of hydrogen-bond acceptors (Lipinski definition) is 8. The molecule has 0 aromatic carbocycles. The molecule has 0 aliphatic heterocycles. The van der Waals surface area contributed by atoms with E-state index in [1.54, 1.807) is 6.07 Å². The molecule has 3 N–H and O–H groups in total. The quantitative estimate of drug-likeness (QED) is 0.378. The number of carbonyl (C=O) groups is 1. The van der Waals surface area contributed by atoms with Gasteiger partial charge in [0.25, 0.3) is 5.91 Å². The van der Waals surface area contributed by atoms with E-state index in [1.165, 1.54) is 43.2 Å². The van der Waals surface area contributed by atoms with Crippen molar-refractivity contribution in [3.8, 4) is 11.9 Å². The number of halogens is 3. The second kappa shape index (κ2) is 10.4. The molecule has 0 aliphatic rings. The summed E-state index contributed by atoms with van der Waals surface area (Å²) >= 11 is 0. The number of aromatic nitrogens is 4. The van der Waals surface area contributed by atoms with Crippen LogP contribution in [0.5, 0.6) is 0 Å². The average Bonchev–Trinajstić information content (AvgIpc) is 3.22. The normalized spacial score (nSPS) is 12.5. The fourth-order valence-electron chi connectivity index (χ4n) is 2.90. The van der Waals surface area contributed by atoms with Gasteiger partial charge in [0.2, 0.25) is 0 Å². The first-order chi connectivity index (χ1) is 16.1. The third-order valence-electron chi connectivity index (χ3n) is 4.76. The SMILES string of the molecule is CC(C)(O)C(F)CNC(=O)c1cnc(-n2ncc3cc(C#N)cnc32)cc1NCCOC(F)F. The molecule has 180 valence electrons. The number of amides is 1. The van der Waals surface area contributed by atoms with Crippen LogP contribution in [0, 0.1) is 11.3 Å². The number of nitriles is 1. The summed E-state index contributed by atoms with van der Waals surface area (Å²) in [4.78, 5) is 21.1. The predicted molar refractivity (Wildman–Crippen MR) is 115 cm³/mol. The monoisotopic (exact) mass is 477 g/mol. The molecule has 0 radical (unpaired) electrons. The minimum Gasteiger partial charge on any atom is -0.387 e. The fraction of sp³-hybridized carbons (Fsp3) is 0.381. The van der Waals surface area contributed by atoms with Crippen molar-refractivity contribution < 1.29 is 27.8 Å². The fourth-order valence-corrected chi connectivity index (χ4v) is 2.90. The summed E-state index contributed by atoms with van der Waals surface area (Å²) in [6.07, 6.45) is 2.36. The highest BCUT2D eigenvalue weighted by Crippen LogP contribution is 2.22. The molecule has 0 saturated heterocycles. The Morgan fingerprint density at radius 1 is 1.26 bits per heavy atom. The Balaban J connectivity index is 1.89. The van der Waals surface area contributed by atoms with Gasteiger partial charge in [-0.3, -0.25) is 4.79 Å². The van der Waals surface area contributed by atoms with Crippen molar-refractivity contribution >= 4 is 22.6 Å². The highest BCUT2D eigenvalue weighted by atomic mass is 19.3. The zero-order valence-electron chi connectivity index (χ0n) is 18.3. The molecule has 0 saturated carbocycles. The second-order valence-corrected chi connectivity index (χ2v) is 7.78. The van der Waals surface area contributed by atoms with E-state index < -0.39 is 30.8 Å². The third kappa shape index (κ3) is 5.97. The van der Waals surface area contributed by atoms with Crippen LogP contribution in [0.2, 0.25) is 0 Å². The smallest absolute Gasteiger partial charge is 0.345 e. The lowest BCUT2D eigenvalue weighted by molar-refractivity contribution is -0.125. The number of ether oxygens (including phenoxy) is 1. The first-order valence-corrected chi connectivity index (χ1v) is 10.1. The van der Waals surface area contributed by atoms with Crippen molar-refractivity contribution in [1.29, 1.82) is 5.26 Å². The summed E-state index contributed by atoms with van der Waals surface area (Å²) in [5, 5.41) is 28.8. The first kappa shape index (κ1) is 24.9. The number of aliphatic hydroxyl groups is 1. The molecule has 34 heavy (non-hydrogen) atoms. The summed E-state index contributed by atoms with van der Waals surface area (Å²) in [5.74, 6) is -0.439. The van der Waals surface area contributed by atoms with Crippen LogP contribution in [0.1, 0.15) is 29.8 Å². The van der Waals surface area contributed by atoms with Crippen LogP contribution < -0.4 is 10.6 Å². The largest absolute Gasteiger partial charge is 0.387 e. The molecular formula is C21H22F3N7O3. The van der Waals surface area contributed by atoms with Crippen LogP contribution in [0.4, 0.5) is 18.9 Å². The molecule has 1 atom stereocenters. The van der Waals surface area contributed by atoms with Gasteiger partial charge in [0.15, 0.2) is 11.5 Å². The van der Waals surface area contributed by atoms with Gasteiger partial charge in [0.05, 0.1) is 41.8 Å². The van der Waals surface area contributed by atoms with E-state index in [0.717, 1.165) is 0 Å². The molecule has 3 heterocycles. The number of nitrogens with zero attached hydrogens (tertiary/aromatic N) is 5. The lowest BCUT2D eigenvalue weighted by Crippen LogP contribution is -2.42. The second-order valence-electron chi connectivity index (χ2n) is 7.78. The number of pyridine rings is 2. The minimum absolute atomic E-state index is 0.0138. The zero-order valence-corrected chi connectivity index (χ0v) is 18.3. The van der Waals surface area contributed by atoms with E-state index in [1.807, 2.05) is 6.07 Å². The Bertz CT molecular complexity index is 1200. The Labute approximate surface area is 192 Å². The van der Waals surface area contributed by atoms with Crippen molar-refractivity contribution in [2.45, 2.75) is 32.2 Å². The van der Waals surface area contributed by atoms with Gasteiger partial charge >= 0.3 is 6.61 Å². The third-order valence-corrected chi connectivity index (χ3v) is 4.76. The van der Waals surface area contributed by atoms with E-state index in [-0.39, 0.29) is 30.2 Å². The number of alkyl halides is 3. The van der Waals surface area contributed by atoms with E-state index in [9.17, 15) is 23.1 Å². The van der Waals surface area contributed by atoms with Crippen molar-refractivity contribution in [1.82, 2.24) is 25.1 Å². The van der Waals surface area contributed by atoms with Crippen molar-refractivity contribution in [2.24, 2.45) is 0 Å². The van der Waals surface area contributed by atoms with Gasteiger partial charge in [-0.15, -0.1) is 0 Å². The number of rotatable bonds is 10. The van der Waals surface area contributed by atoms with E-state index >= 15 is 0 Å². The van der Waals surface area contributed by atoms with Crippen LogP contribution in [0.3, 0.4) is 0 Å². The van der Waals surface area contributed by atoms with E-state index in [2.05, 4.69) is 30.4 Å². The summed E-state index contributed by atoms with van der Waals surface area (Å²) in [6, 6.07) is 5.04. The maximum absolute atomic E-state index is 14.0. The molecule has 3 aromatic rings. The molecule has 0 aliphatic carbocycles. The number of hydrogen-bond donors (Lipinski definition) is 3. The van der Waals surface area contributed by atoms with Crippen LogP contribution in [0.15, 0.2) is 30.7 Å². The Hall–Kier alpha value is -3.76. The van der Waals surface area contributed by atoms with Gasteiger partial charge in [-0.2, -0.15) is 23.8 Å². The minimum atomic E-state index is -2.94. The van der Waals surface area contributed by atoms with Gasteiger partial charge in [0, 0.05) is 30.4 Å². The van der Waals surface area contributed by atoms with Crippen molar-refractivity contribution in [3.05, 3.63) is 41.9 Å². The standard InChI is InChI=1S/C21H22F3N7O3/c1-21(2,33)16(22)11-29-19(32)14-10-27-17(6-15(14)26-3-4-34-20(23)24)31-18-13(9-30-31)5-12(7-25)8-28-18/h5-6,8-10,16,20,33H,3-4,11H2,1-2H3,(H,26,27)(H,29,32). The molecule has 3 rings (SSSR count). The van der Waals surface area contributed by atoms with Gasteiger partial charge in [-0.05, 0) is 19.9 Å². The Morgan fingerprint density at radius 3 is 2.71 bits per heavy atom. The number of anilines is 1. The summed E-state index contributed by atoms with van der Waals surface area (Å²) in [5.41, 5.74) is -0.675. The van der Waals surface area contributed by atoms with E-state index in [4.69, 9.17) is 5.26 Å². The van der Waals surface area contributed by atoms with Crippen molar-refractivity contribution in [2.75, 3.05) is 25.0 Å². The zero-order chi connectivity index (χ0) is 24.9. The van der Waals surface area contributed by atoms with E-state index in [0.29, 0.717) is 16.6 Å². The predicted octanol–water partition coefficient (Wildman–Crippen LogP) is 2.18. The number of fused-ring (bicyclic) bond motifs is 1. The van der Waals surface area contributed by atoms with Gasteiger partial charge in [0.1, 0.15) is 12.2 Å². The summed E-state index contributed by atoms with van der Waals surface area (Å²) < 4.78 is 44.2. The molecule has 0 bridgehead atoms. The number of nitrogens with one attached hydrogen (secondary N) is 2. The summed E-state index contributed by atoms with van der Waals surface area (Å²) in [7, 11) is 0. The molecular weight excluding hydrogens is 455 g/mol. The van der Waals surface area contributed by atoms with Gasteiger partial charge in [-0.1, -0.05) is 0 Å². The molecule has 1 amide bonds. The number of carbonyl (C=O) groups excluding carboxylic acids is 1. The van der Waals surface area contributed by atoms with Crippen LogP contribution in [-0.2, 0) is 4.74 Å². The molecule has 13 heteroatoms. The van der Waals surface area contributed by atoms with Crippen molar-refractivity contribution in [3.63, 3.8) is 0 Å². The van der Waals surface area contributed by atoms with Crippen LogP contribution >= 0.6 is 0 Å². The maximum Gasteiger partial charge on any atom is 0.345 e. The highest BCUT2D eigenvalue weighted by molar-refractivity contribution is 5.99. The van der Waals surface area contributed by atoms with Crippen LogP contribution in [-0.4, -0.2) is 68.8 Å². The molecule has 0 spiro atoms. The Morgan fingerprint density at radius 2 is 2.03 bits per heavy atom. The highest BCUT2D eigenvalue weighted by Gasteiger charge is 2.27. The topological polar surface area (TPSA) is 138 Å². The summed E-state index contributed by atoms with van der Waals surface area (Å²) in [6.45, 7) is -1.25. The average molecular weight is 477 g/mol. The lowest BCUT2D eigenvalue weighted by atomic mass is 10.0. The van der Waals surface area contributed by atoms with Crippen LogP contribution in [0.25, 0.3) is 16.9 Å². The Kier molecular flexibility index (Phi) is 7.64. The molecule has 0 fully saturated rings. The maximum atomic E-state index is 14.0. The van der Waals surface area contributed by atoms with Gasteiger partial charge < -0.3 is 20.5 Å². The molecule has 3 aromatic heterocycles. The molecule has 1 unspecified atom stereocenters. The van der Waals surface area contributed by atoms with Gasteiger partial charge in [-0.25, -0.2) is 14.4 Å². The molecule has 10 nitrogen and oxygen atoms in total.